The summed E-state index contributed by atoms with van der Waals surface area (Å²) in [6.07, 6.45) is 0.506. The molecule has 0 atom stereocenters. The van der Waals surface area contributed by atoms with Crippen molar-refractivity contribution in [2.45, 2.75) is 6.42 Å². The fourth-order valence-electron chi connectivity index (χ4n) is 1.18. The third-order valence-electron chi connectivity index (χ3n) is 1.75. The normalized spacial score (nSPS) is 10.4. The van der Waals surface area contributed by atoms with Crippen molar-refractivity contribution in [3.63, 3.8) is 0 Å². The van der Waals surface area contributed by atoms with Gasteiger partial charge < -0.3 is 0 Å². The fraction of sp³-hybridized carbons (Fsp3) is 0.111. The van der Waals surface area contributed by atoms with Crippen LogP contribution < -0.4 is 5.76 Å². The number of nitrogens with one attached hydrogen (secondary N) is 1. The number of H-pyrrole nitrogens is 1. The molecule has 0 saturated carbocycles. The van der Waals surface area contributed by atoms with Crippen LogP contribution in [0.4, 0.5) is 0 Å². The third kappa shape index (κ3) is 2.03. The number of rotatable bonds is 2. The van der Waals surface area contributed by atoms with Crippen molar-refractivity contribution in [2.24, 2.45) is 0 Å². The molecule has 72 valence electrons. The van der Waals surface area contributed by atoms with Crippen LogP contribution in [-0.2, 0) is 6.42 Å². The van der Waals surface area contributed by atoms with Crippen LogP contribution in [0.5, 0.6) is 0 Å². The van der Waals surface area contributed by atoms with E-state index in [-0.39, 0.29) is 0 Å². The van der Waals surface area contributed by atoms with Crippen molar-refractivity contribution >= 4 is 11.6 Å². The van der Waals surface area contributed by atoms with E-state index >= 15 is 0 Å². The van der Waals surface area contributed by atoms with E-state index in [9.17, 15) is 4.79 Å². The Balaban J connectivity index is 2.22. The maximum atomic E-state index is 10.6. The first-order chi connectivity index (χ1) is 6.74. The number of aromatic nitrogens is 2. The van der Waals surface area contributed by atoms with Gasteiger partial charge in [0.05, 0.1) is 0 Å². The smallest absolute Gasteiger partial charge is 0.296 e. The predicted octanol–water partition coefficient (Wildman–Crippen LogP) is 1.61. The largest absolute Gasteiger partial charge is 0.438 e. The summed E-state index contributed by atoms with van der Waals surface area (Å²) in [5.74, 6) is -0.0423. The van der Waals surface area contributed by atoms with Crippen LogP contribution in [0.25, 0.3) is 0 Å². The summed E-state index contributed by atoms with van der Waals surface area (Å²) in [4.78, 5) is 13.1. The molecule has 0 bridgehead atoms. The predicted molar refractivity (Wildman–Crippen MR) is 51.4 cm³/mol. The summed E-state index contributed by atoms with van der Waals surface area (Å²) in [6, 6.07) is 7.35. The molecular formula is C9H7ClN2O2. The summed E-state index contributed by atoms with van der Waals surface area (Å²) in [7, 11) is 0. The first kappa shape index (κ1) is 9.02. The second-order valence-corrected chi connectivity index (χ2v) is 3.28. The van der Waals surface area contributed by atoms with Crippen LogP contribution in [0.2, 0.25) is 5.02 Å². The second kappa shape index (κ2) is 3.67. The van der Waals surface area contributed by atoms with Gasteiger partial charge in [-0.15, -0.1) is 0 Å². The Labute approximate surface area is 84.5 Å². The lowest BCUT2D eigenvalue weighted by Crippen LogP contribution is -1.97. The molecule has 1 aromatic heterocycles. The van der Waals surface area contributed by atoms with Gasteiger partial charge >= 0.3 is 5.76 Å². The summed E-state index contributed by atoms with van der Waals surface area (Å²) in [5.41, 5.74) is 0.974. The zero-order valence-electron chi connectivity index (χ0n) is 7.16. The van der Waals surface area contributed by atoms with Gasteiger partial charge in [-0.25, -0.2) is 4.79 Å². The molecular weight excluding hydrogens is 204 g/mol. The standard InChI is InChI=1S/C9H7ClN2O2/c10-7-3-1-2-6(4-7)5-8-11-9(13)14-12-8/h1-4H,5H2,(H,11,12,13). The zero-order chi connectivity index (χ0) is 9.97. The van der Waals surface area contributed by atoms with Gasteiger partial charge in [-0.3, -0.25) is 9.51 Å². The van der Waals surface area contributed by atoms with E-state index in [1.807, 2.05) is 18.2 Å². The molecule has 5 heteroatoms. The van der Waals surface area contributed by atoms with E-state index in [1.165, 1.54) is 0 Å². The summed E-state index contributed by atoms with van der Waals surface area (Å²) >= 11 is 5.80. The van der Waals surface area contributed by atoms with E-state index in [2.05, 4.69) is 14.7 Å². The second-order valence-electron chi connectivity index (χ2n) is 2.85. The van der Waals surface area contributed by atoms with Crippen molar-refractivity contribution in [3.8, 4) is 0 Å². The molecule has 0 aliphatic rings. The lowest BCUT2D eigenvalue weighted by molar-refractivity contribution is 0.382. The van der Waals surface area contributed by atoms with Gasteiger partial charge in [-0.1, -0.05) is 28.9 Å². The molecule has 2 rings (SSSR count). The van der Waals surface area contributed by atoms with E-state index in [0.29, 0.717) is 17.3 Å². The highest BCUT2D eigenvalue weighted by Crippen LogP contribution is 2.12. The number of benzene rings is 1. The van der Waals surface area contributed by atoms with Gasteiger partial charge in [0.25, 0.3) is 0 Å². The maximum Gasteiger partial charge on any atom is 0.438 e. The Hall–Kier alpha value is -1.55. The Morgan fingerprint density at radius 3 is 3.00 bits per heavy atom. The first-order valence-corrected chi connectivity index (χ1v) is 4.41. The summed E-state index contributed by atoms with van der Waals surface area (Å²) in [6.45, 7) is 0. The van der Waals surface area contributed by atoms with Gasteiger partial charge in [0.15, 0.2) is 5.82 Å². The van der Waals surface area contributed by atoms with Crippen LogP contribution in [0.15, 0.2) is 33.6 Å². The maximum absolute atomic E-state index is 10.6. The molecule has 0 saturated heterocycles. The van der Waals surface area contributed by atoms with E-state index in [0.717, 1.165) is 5.56 Å². The molecule has 0 unspecified atom stereocenters. The molecule has 0 fully saturated rings. The van der Waals surface area contributed by atoms with Gasteiger partial charge in [0, 0.05) is 11.4 Å². The van der Waals surface area contributed by atoms with Crippen molar-refractivity contribution in [1.29, 1.82) is 0 Å². The van der Waals surface area contributed by atoms with Crippen LogP contribution in [0.3, 0.4) is 0 Å². The van der Waals surface area contributed by atoms with E-state index in [1.54, 1.807) is 6.07 Å². The lowest BCUT2D eigenvalue weighted by Gasteiger charge is -1.96. The first-order valence-electron chi connectivity index (χ1n) is 4.03. The lowest BCUT2D eigenvalue weighted by atomic mass is 10.1. The number of aromatic amines is 1. The average Bonchev–Trinajstić information content (AvgIpc) is 2.51. The van der Waals surface area contributed by atoms with Crippen molar-refractivity contribution in [3.05, 3.63) is 51.2 Å². The van der Waals surface area contributed by atoms with Gasteiger partial charge in [0.1, 0.15) is 0 Å². The number of nitrogens with zero attached hydrogens (tertiary/aromatic N) is 1. The zero-order valence-corrected chi connectivity index (χ0v) is 7.91. The van der Waals surface area contributed by atoms with Crippen LogP contribution in [0, 0.1) is 0 Å². The van der Waals surface area contributed by atoms with Crippen molar-refractivity contribution in [1.82, 2.24) is 10.1 Å². The molecule has 0 aliphatic carbocycles. The molecule has 0 aliphatic heterocycles. The fourth-order valence-corrected chi connectivity index (χ4v) is 1.39. The SMILES string of the molecule is O=c1[nH]c(Cc2cccc(Cl)c2)no1. The van der Waals surface area contributed by atoms with Crippen LogP contribution >= 0.6 is 11.6 Å². The number of hydrogen-bond acceptors (Lipinski definition) is 3. The Morgan fingerprint density at radius 1 is 1.50 bits per heavy atom. The molecule has 4 nitrogen and oxygen atoms in total. The van der Waals surface area contributed by atoms with E-state index in [4.69, 9.17) is 11.6 Å². The third-order valence-corrected chi connectivity index (χ3v) is 1.98. The topological polar surface area (TPSA) is 58.9 Å². The van der Waals surface area contributed by atoms with Gasteiger partial charge in [-0.05, 0) is 17.7 Å². The molecule has 14 heavy (non-hydrogen) atoms. The molecule has 0 spiro atoms. The average molecular weight is 211 g/mol. The van der Waals surface area contributed by atoms with Gasteiger partial charge in [-0.2, -0.15) is 0 Å². The summed E-state index contributed by atoms with van der Waals surface area (Å²) in [5, 5.41) is 4.22. The highest BCUT2D eigenvalue weighted by Gasteiger charge is 2.02. The number of hydrogen-bond donors (Lipinski definition) is 1. The molecule has 1 aromatic carbocycles. The molecule has 1 N–H and O–H groups in total. The molecule has 2 aromatic rings. The number of halogens is 1. The van der Waals surface area contributed by atoms with Crippen LogP contribution in [0.1, 0.15) is 11.4 Å². The highest BCUT2D eigenvalue weighted by atomic mass is 35.5. The Kier molecular flexibility index (Phi) is 2.37. The van der Waals surface area contributed by atoms with Crippen molar-refractivity contribution < 1.29 is 4.52 Å². The van der Waals surface area contributed by atoms with E-state index < -0.39 is 5.76 Å². The minimum atomic E-state index is -0.540. The van der Waals surface area contributed by atoms with Crippen molar-refractivity contribution in [2.75, 3.05) is 0 Å². The minimum Gasteiger partial charge on any atom is -0.296 e. The highest BCUT2D eigenvalue weighted by molar-refractivity contribution is 6.30. The quantitative estimate of drug-likeness (QED) is 0.819. The van der Waals surface area contributed by atoms with Crippen LogP contribution in [-0.4, -0.2) is 10.1 Å². The Bertz CT molecular complexity index is 489. The Morgan fingerprint density at radius 2 is 2.36 bits per heavy atom. The summed E-state index contributed by atoms with van der Waals surface area (Å²) < 4.78 is 4.37. The minimum absolute atomic E-state index is 0.497. The monoisotopic (exact) mass is 210 g/mol. The van der Waals surface area contributed by atoms with Gasteiger partial charge in [0.2, 0.25) is 0 Å². The molecule has 0 amide bonds. The molecule has 1 heterocycles. The molecule has 0 radical (unpaired) electrons.